The number of thioether (sulfide) groups is 1. The zero-order valence-corrected chi connectivity index (χ0v) is 55.3. The van der Waals surface area contributed by atoms with Gasteiger partial charge in [-0.2, -0.15) is 0 Å². The van der Waals surface area contributed by atoms with E-state index in [0.29, 0.717) is 89.3 Å². The molecule has 5 N–H and O–H groups in total. The summed E-state index contributed by atoms with van der Waals surface area (Å²) in [5, 5.41) is 32.4. The van der Waals surface area contributed by atoms with Crippen LogP contribution in [0.5, 0.6) is 17.2 Å². The average molecular weight is 1310 g/mol. The number of Topliss-reactive ketones (excluding diaryl/α,β-unsaturated/α-hetero) is 1. The Kier molecular flexibility index (Phi) is 22.0. The van der Waals surface area contributed by atoms with E-state index in [9.17, 15) is 53.4 Å². The summed E-state index contributed by atoms with van der Waals surface area (Å²) < 4.78 is 36.4. The van der Waals surface area contributed by atoms with Crippen LogP contribution in [0.3, 0.4) is 0 Å². The van der Waals surface area contributed by atoms with Crippen LogP contribution in [0.25, 0.3) is 0 Å². The van der Waals surface area contributed by atoms with E-state index in [1.165, 1.54) is 25.0 Å². The van der Waals surface area contributed by atoms with Crippen molar-refractivity contribution in [2.24, 2.45) is 11.8 Å². The van der Waals surface area contributed by atoms with Crippen LogP contribution in [-0.4, -0.2) is 202 Å². The van der Waals surface area contributed by atoms with Crippen LogP contribution in [0.2, 0.25) is 0 Å². The fourth-order valence-corrected chi connectivity index (χ4v) is 15.3. The molecule has 93 heavy (non-hydrogen) atoms. The second-order valence-corrected chi connectivity index (χ2v) is 27.9. The molecule has 25 heteroatoms. The van der Waals surface area contributed by atoms with Gasteiger partial charge >= 0.3 is 6.09 Å². The van der Waals surface area contributed by atoms with Gasteiger partial charge in [-0.25, -0.2) is 4.79 Å². The third kappa shape index (κ3) is 15.1. The molecule has 10 atom stereocenters. The molecule has 2 aliphatic carbocycles. The molecule has 0 radical (unpaired) electrons. The summed E-state index contributed by atoms with van der Waals surface area (Å²) >= 11 is 1.59. The number of likely N-dealkylation sites (tertiary alicyclic amines) is 1. The van der Waals surface area contributed by atoms with Crippen LogP contribution in [0.1, 0.15) is 167 Å². The molecule has 10 rings (SSSR count). The summed E-state index contributed by atoms with van der Waals surface area (Å²) in [7, 11) is 1.37. The van der Waals surface area contributed by atoms with Gasteiger partial charge in [0.2, 0.25) is 35.3 Å². The van der Waals surface area contributed by atoms with Gasteiger partial charge in [0, 0.05) is 97.6 Å². The zero-order valence-electron chi connectivity index (χ0n) is 54.5. The zero-order chi connectivity index (χ0) is 66.6. The van der Waals surface area contributed by atoms with Gasteiger partial charge in [0.1, 0.15) is 54.1 Å². The summed E-state index contributed by atoms with van der Waals surface area (Å²) in [6.45, 7) is 16.7. The van der Waals surface area contributed by atoms with Crippen molar-refractivity contribution in [1.82, 2.24) is 30.2 Å². The Morgan fingerprint density at radius 1 is 0.828 bits per heavy atom. The number of phenols is 2. The van der Waals surface area contributed by atoms with Crippen LogP contribution in [-0.2, 0) is 65.5 Å². The number of methoxy groups -OCH3 is 1. The van der Waals surface area contributed by atoms with Gasteiger partial charge in [0.05, 0.1) is 61.0 Å². The van der Waals surface area contributed by atoms with Crippen molar-refractivity contribution >= 4 is 70.4 Å². The highest BCUT2D eigenvalue weighted by Gasteiger charge is 2.52. The summed E-state index contributed by atoms with van der Waals surface area (Å²) in [5.41, 5.74) is 0.609. The predicted octanol–water partition coefficient (Wildman–Crippen LogP) is 6.56. The van der Waals surface area contributed by atoms with Gasteiger partial charge in [-0.05, 0) is 88.5 Å². The molecular formula is C68H89N7O17S. The minimum absolute atomic E-state index is 0.00367. The number of hydrogen-bond donors (Lipinski definition) is 5. The number of ketones is 3. The number of benzene rings is 3. The number of morpholine rings is 1. The smallest absolute Gasteiger partial charge is 0.410 e. The Morgan fingerprint density at radius 3 is 2.31 bits per heavy atom. The Labute approximate surface area is 546 Å². The van der Waals surface area contributed by atoms with Crippen LogP contribution < -0.4 is 20.7 Å². The fourth-order valence-electron chi connectivity index (χ4n) is 13.8. The monoisotopic (exact) mass is 1310 g/mol. The van der Waals surface area contributed by atoms with Gasteiger partial charge in [-0.3, -0.25) is 53.1 Å². The lowest BCUT2D eigenvalue weighted by Crippen LogP contribution is -2.53. The first kappa shape index (κ1) is 68.8. The van der Waals surface area contributed by atoms with Crippen molar-refractivity contribution < 1.29 is 81.8 Å². The largest absolute Gasteiger partial charge is 0.507 e. The van der Waals surface area contributed by atoms with Gasteiger partial charge in [-0.15, -0.1) is 11.8 Å². The van der Waals surface area contributed by atoms with Crippen LogP contribution in [0, 0.1) is 11.8 Å². The molecule has 7 aliphatic rings. The average Bonchev–Trinajstić information content (AvgIpc) is 1.53. The van der Waals surface area contributed by atoms with E-state index in [0.717, 1.165) is 12.8 Å². The highest BCUT2D eigenvalue weighted by molar-refractivity contribution is 8.02. The Hall–Kier alpha value is -7.00. The molecule has 504 valence electrons. The Morgan fingerprint density at radius 2 is 1.58 bits per heavy atom. The van der Waals surface area contributed by atoms with E-state index in [-0.39, 0.29) is 142 Å². The van der Waals surface area contributed by atoms with Crippen molar-refractivity contribution in [1.29, 1.82) is 0 Å². The molecule has 5 saturated heterocycles. The topological polar surface area (TPSA) is 299 Å². The number of nitrogens with one attached hydrogen (secondary N) is 3. The lowest BCUT2D eigenvalue weighted by molar-refractivity contribution is -0.243. The van der Waals surface area contributed by atoms with Crippen LogP contribution in [0.15, 0.2) is 42.5 Å². The van der Waals surface area contributed by atoms with E-state index in [2.05, 4.69) is 41.6 Å². The molecule has 0 aromatic heterocycles. The maximum absolute atomic E-state index is 14.6. The molecule has 24 nitrogen and oxygen atoms in total. The molecule has 3 aromatic rings. The number of aromatic hydroxyl groups is 2. The first-order valence-corrected chi connectivity index (χ1v) is 33.7. The van der Waals surface area contributed by atoms with E-state index < -0.39 is 77.5 Å². The third-order valence-corrected chi connectivity index (χ3v) is 21.3. The molecule has 5 heterocycles. The first-order valence-electron chi connectivity index (χ1n) is 32.9. The highest BCUT2D eigenvalue weighted by atomic mass is 32.2. The molecule has 0 saturated carbocycles. The SMILES string of the molecule is CCC(C)(CC)SC1CC(=O)N(CCCCCC(=O)N[C@H](C(=O)N[C@@H](C)C(=O)Nc2ccc(COC(=O)N3CCCN(CC(=O)C4Cc5c(O)c6c(c(O)c5[C@@H](O[C@H]5C[C@H]7[C@H](O[C@@H]8COCCN87)[C@H](C)O5)C4)C(=O)c4c(OC)cccc4C6=O)CC3)cc2)C(C)C)C1=O. The Bertz CT molecular complexity index is 3340. The number of phenolic OH excluding ortho intramolecular Hbond substituents is 2. The number of hydrogen-bond acceptors (Lipinski definition) is 20. The second kappa shape index (κ2) is 29.7. The first-order chi connectivity index (χ1) is 44.5. The summed E-state index contributed by atoms with van der Waals surface area (Å²) in [4.78, 5) is 129. The van der Waals surface area contributed by atoms with Crippen molar-refractivity contribution in [2.75, 3.05) is 71.5 Å². The second-order valence-electron chi connectivity index (χ2n) is 26.1. The molecule has 0 spiro atoms. The number of rotatable bonds is 24. The van der Waals surface area contributed by atoms with Crippen molar-refractivity contribution in [3.8, 4) is 17.2 Å². The number of ether oxygens (including phenoxy) is 6. The lowest BCUT2D eigenvalue weighted by atomic mass is 9.73. The van der Waals surface area contributed by atoms with Crippen molar-refractivity contribution in [3.63, 3.8) is 0 Å². The predicted molar refractivity (Wildman–Crippen MR) is 342 cm³/mol. The molecule has 2 unspecified atom stereocenters. The number of carbonyl (C=O) groups excluding carboxylic acids is 9. The number of imide groups is 1. The number of unbranched alkanes of at least 4 members (excludes halogenated alkanes) is 2. The van der Waals surface area contributed by atoms with Gasteiger partial charge < -0.3 is 59.5 Å². The molecule has 5 aliphatic heterocycles. The third-order valence-electron chi connectivity index (χ3n) is 19.5. The molecular weight excluding hydrogens is 1220 g/mol. The minimum Gasteiger partial charge on any atom is -0.507 e. The van der Waals surface area contributed by atoms with E-state index >= 15 is 0 Å². The summed E-state index contributed by atoms with van der Waals surface area (Å²) in [6.07, 6.45) is 1.47. The summed E-state index contributed by atoms with van der Waals surface area (Å²) in [6, 6.07) is 9.34. The number of carbonyl (C=O) groups is 9. The molecule has 3 aromatic carbocycles. The standard InChI is InChI=1S/C68H89N7O17S/c1-9-68(7,10-2)93-49-33-51(78)75(66(49)85)25-13-11-12-18-50(77)71-58(37(3)4)65(84)69-38(5)64(83)70-42-21-19-40(20-22-42)35-89-67(86)73-24-15-23-72(26-27-73)34-46(76)41-30-44-55(48(31-41)91-53-32-45-63(39(6)90-53)92-52-36-88-29-28-74(45)52)62(82)57-56(60(44)80)59(79)43-16-14-17-47(87-8)54(43)61(57)81/h14,16-17,19-22,37-39,41,45,48-49,52-53,58,63,80,82H,9-13,15,18,23-36H2,1-8H3,(H,69,84)(H,70,83)(H,71,77)/t38-,39-,41?,45-,48-,49?,52+,53-,58-,63+/m0/s1. The lowest BCUT2D eigenvalue weighted by Gasteiger charge is -2.41. The molecule has 6 amide bonds. The normalized spacial score (nSPS) is 24.7. The van der Waals surface area contributed by atoms with Crippen LogP contribution in [0.4, 0.5) is 10.5 Å². The van der Waals surface area contributed by atoms with Gasteiger partial charge in [-0.1, -0.05) is 65.3 Å². The number of amides is 6. The molecule has 5 fully saturated rings. The van der Waals surface area contributed by atoms with E-state index in [1.54, 1.807) is 66.9 Å². The number of anilines is 1. The quantitative estimate of drug-likeness (QED) is 0.0282. The minimum atomic E-state index is -1.05. The fraction of sp³-hybridized carbons (Fsp3) is 0.603. The van der Waals surface area contributed by atoms with Crippen LogP contribution >= 0.6 is 11.8 Å². The molecule has 0 bridgehead atoms. The maximum Gasteiger partial charge on any atom is 0.410 e. The van der Waals surface area contributed by atoms with E-state index in [1.807, 2.05) is 11.8 Å². The number of fused-ring (bicyclic) bond motifs is 6. The van der Waals surface area contributed by atoms with Gasteiger partial charge in [0.15, 0.2) is 12.1 Å². The van der Waals surface area contributed by atoms with E-state index in [4.69, 9.17) is 28.4 Å². The number of nitrogens with zero attached hydrogens (tertiary/aromatic N) is 4. The maximum atomic E-state index is 14.6. The Balaban J connectivity index is 0.688. The summed E-state index contributed by atoms with van der Waals surface area (Å²) in [5.74, 6) is -5.10. The van der Waals surface area contributed by atoms with Crippen molar-refractivity contribution in [3.05, 3.63) is 81.4 Å². The highest BCUT2D eigenvalue weighted by Crippen LogP contribution is 2.52. The van der Waals surface area contributed by atoms with Crippen molar-refractivity contribution in [2.45, 2.75) is 185 Å². The van der Waals surface area contributed by atoms with Gasteiger partial charge in [0.25, 0.3) is 0 Å².